The number of hydrogen-bond acceptors (Lipinski definition) is 7. The summed E-state index contributed by atoms with van der Waals surface area (Å²) in [5.74, 6) is 2.70. The summed E-state index contributed by atoms with van der Waals surface area (Å²) in [4.78, 5) is 16.7. The van der Waals surface area contributed by atoms with E-state index in [1.165, 1.54) is 0 Å². The van der Waals surface area contributed by atoms with Crippen molar-refractivity contribution in [2.45, 2.75) is 0 Å². The van der Waals surface area contributed by atoms with Crippen molar-refractivity contribution in [1.29, 1.82) is 0 Å². The number of methoxy groups -OCH3 is 2. The summed E-state index contributed by atoms with van der Waals surface area (Å²) >= 11 is 0. The lowest BCUT2D eigenvalue weighted by Crippen LogP contribution is -2.12. The highest BCUT2D eigenvalue weighted by molar-refractivity contribution is 6.04. The van der Waals surface area contributed by atoms with Gasteiger partial charge in [0.05, 0.1) is 31.8 Å². The van der Waals surface area contributed by atoms with Gasteiger partial charge in [-0.05, 0) is 42.5 Å². The highest BCUT2D eigenvalue weighted by Crippen LogP contribution is 2.33. The highest BCUT2D eigenvalue weighted by atomic mass is 16.7. The molecule has 2 aromatic carbocycles. The predicted molar refractivity (Wildman–Crippen MR) is 108 cm³/mol. The van der Waals surface area contributed by atoms with Gasteiger partial charge in [0.25, 0.3) is 5.91 Å². The van der Waals surface area contributed by atoms with Crippen molar-refractivity contribution in [3.63, 3.8) is 0 Å². The molecule has 1 aliphatic heterocycles. The van der Waals surface area contributed by atoms with Crippen molar-refractivity contribution in [3.05, 3.63) is 60.3 Å². The van der Waals surface area contributed by atoms with Gasteiger partial charge in [0.15, 0.2) is 11.5 Å². The normalized spacial score (nSPS) is 11.7. The maximum atomic E-state index is 12.5. The molecule has 1 aliphatic rings. The third kappa shape index (κ3) is 4.01. The van der Waals surface area contributed by atoms with Crippen LogP contribution in [-0.4, -0.2) is 31.9 Å². The second-order valence-corrected chi connectivity index (χ2v) is 6.15. The molecule has 0 radical (unpaired) electrons. The van der Waals surface area contributed by atoms with Crippen molar-refractivity contribution in [2.24, 2.45) is 0 Å². The molecular formula is C21H19N3O5. The zero-order chi connectivity index (χ0) is 20.2. The number of nitrogens with zero attached hydrogens (tertiary/aromatic N) is 1. The Labute approximate surface area is 167 Å². The van der Waals surface area contributed by atoms with E-state index < -0.39 is 0 Å². The maximum absolute atomic E-state index is 12.5. The van der Waals surface area contributed by atoms with Crippen LogP contribution >= 0.6 is 0 Å². The van der Waals surface area contributed by atoms with Gasteiger partial charge >= 0.3 is 0 Å². The van der Waals surface area contributed by atoms with Crippen LogP contribution in [0.4, 0.5) is 17.2 Å². The largest absolute Gasteiger partial charge is 0.497 e. The zero-order valence-corrected chi connectivity index (χ0v) is 15.9. The summed E-state index contributed by atoms with van der Waals surface area (Å²) in [5.41, 5.74) is 1.93. The minimum absolute atomic E-state index is 0.161. The first-order valence-corrected chi connectivity index (χ1v) is 8.82. The Morgan fingerprint density at radius 3 is 2.62 bits per heavy atom. The number of benzene rings is 2. The van der Waals surface area contributed by atoms with Crippen molar-refractivity contribution >= 4 is 23.1 Å². The molecule has 0 saturated heterocycles. The summed E-state index contributed by atoms with van der Waals surface area (Å²) in [6, 6.07) is 14.0. The van der Waals surface area contributed by atoms with Crippen molar-refractivity contribution in [1.82, 2.24) is 4.98 Å². The molecule has 29 heavy (non-hydrogen) atoms. The highest BCUT2D eigenvalue weighted by Gasteiger charge is 2.16. The molecular weight excluding hydrogens is 374 g/mol. The Bertz CT molecular complexity index is 1040. The first kappa shape index (κ1) is 18.4. The smallest absolute Gasteiger partial charge is 0.256 e. The van der Waals surface area contributed by atoms with Crippen molar-refractivity contribution in [2.75, 3.05) is 31.6 Å². The molecule has 4 rings (SSSR count). The van der Waals surface area contributed by atoms with E-state index in [4.69, 9.17) is 18.9 Å². The molecule has 8 heteroatoms. The van der Waals surface area contributed by atoms with Gasteiger partial charge in [-0.3, -0.25) is 4.79 Å². The van der Waals surface area contributed by atoms with E-state index in [2.05, 4.69) is 15.6 Å². The number of amides is 1. The summed E-state index contributed by atoms with van der Waals surface area (Å²) in [5, 5.41) is 5.99. The third-order valence-corrected chi connectivity index (χ3v) is 4.33. The number of fused-ring (bicyclic) bond motifs is 1. The number of pyridine rings is 1. The fourth-order valence-electron chi connectivity index (χ4n) is 2.84. The van der Waals surface area contributed by atoms with Crippen LogP contribution < -0.4 is 29.6 Å². The van der Waals surface area contributed by atoms with Crippen LogP contribution in [0.5, 0.6) is 23.0 Å². The van der Waals surface area contributed by atoms with Gasteiger partial charge in [-0.25, -0.2) is 4.98 Å². The second kappa shape index (κ2) is 7.97. The SMILES string of the molecule is COc1ccc(OC)c(Nc2ccc(NC(=O)c3ccc4c(c3)OCO4)nc2)c1. The Balaban J connectivity index is 1.45. The molecule has 0 atom stereocenters. The number of nitrogens with one attached hydrogen (secondary N) is 2. The van der Waals surface area contributed by atoms with E-state index in [1.54, 1.807) is 50.7 Å². The number of hydrogen-bond donors (Lipinski definition) is 2. The van der Waals surface area contributed by atoms with Gasteiger partial charge in [-0.2, -0.15) is 0 Å². The number of carbonyl (C=O) groups is 1. The molecule has 148 valence electrons. The Kier molecular flexibility index (Phi) is 5.07. The molecule has 2 N–H and O–H groups in total. The molecule has 0 spiro atoms. The Morgan fingerprint density at radius 1 is 1.00 bits per heavy atom. The van der Waals surface area contributed by atoms with Crippen LogP contribution in [0.15, 0.2) is 54.7 Å². The van der Waals surface area contributed by atoms with Gasteiger partial charge in [-0.1, -0.05) is 0 Å². The molecule has 0 unspecified atom stereocenters. The number of rotatable bonds is 6. The second-order valence-electron chi connectivity index (χ2n) is 6.15. The molecule has 0 bridgehead atoms. The van der Waals surface area contributed by atoms with Crippen molar-refractivity contribution in [3.8, 4) is 23.0 Å². The average molecular weight is 393 g/mol. The van der Waals surface area contributed by atoms with E-state index in [1.807, 2.05) is 18.2 Å². The molecule has 3 aromatic rings. The zero-order valence-electron chi connectivity index (χ0n) is 15.9. The number of anilines is 3. The fourth-order valence-corrected chi connectivity index (χ4v) is 2.84. The molecule has 1 amide bonds. The maximum Gasteiger partial charge on any atom is 0.256 e. The quantitative estimate of drug-likeness (QED) is 0.658. The van der Waals surface area contributed by atoms with E-state index in [9.17, 15) is 4.79 Å². The lowest BCUT2D eigenvalue weighted by molar-refractivity contribution is 0.102. The van der Waals surface area contributed by atoms with Crippen LogP contribution in [0, 0.1) is 0 Å². The van der Waals surface area contributed by atoms with E-state index >= 15 is 0 Å². The summed E-state index contributed by atoms with van der Waals surface area (Å²) in [6.45, 7) is 0.161. The fraction of sp³-hybridized carbons (Fsp3) is 0.143. The van der Waals surface area contributed by atoms with Crippen LogP contribution in [0.3, 0.4) is 0 Å². The monoisotopic (exact) mass is 393 g/mol. The molecule has 0 aliphatic carbocycles. The van der Waals surface area contributed by atoms with Crippen LogP contribution in [0.25, 0.3) is 0 Å². The van der Waals surface area contributed by atoms with Gasteiger partial charge in [-0.15, -0.1) is 0 Å². The van der Waals surface area contributed by atoms with Gasteiger partial charge in [0.1, 0.15) is 17.3 Å². The van der Waals surface area contributed by atoms with E-state index in [0.717, 1.165) is 11.4 Å². The van der Waals surface area contributed by atoms with Crippen LogP contribution in [0.2, 0.25) is 0 Å². The standard InChI is InChI=1S/C21H19N3O5/c1-26-15-5-7-17(27-2)16(10-15)23-14-4-8-20(22-11-14)24-21(25)13-3-6-18-19(9-13)29-12-28-18/h3-11,23H,12H2,1-2H3,(H,22,24,25). The number of carbonyl (C=O) groups excluding carboxylic acids is 1. The van der Waals surface area contributed by atoms with E-state index in [-0.39, 0.29) is 12.7 Å². The average Bonchev–Trinajstić information content (AvgIpc) is 3.23. The molecule has 2 heterocycles. The molecule has 0 fully saturated rings. The van der Waals surface area contributed by atoms with Gasteiger partial charge < -0.3 is 29.6 Å². The lowest BCUT2D eigenvalue weighted by Gasteiger charge is -2.13. The topological polar surface area (TPSA) is 90.9 Å². The number of aromatic nitrogens is 1. The Morgan fingerprint density at radius 2 is 1.86 bits per heavy atom. The first-order valence-electron chi connectivity index (χ1n) is 8.82. The summed E-state index contributed by atoms with van der Waals surface area (Å²) in [6.07, 6.45) is 1.62. The minimum atomic E-state index is -0.286. The number of ether oxygens (including phenoxy) is 4. The third-order valence-electron chi connectivity index (χ3n) is 4.33. The van der Waals surface area contributed by atoms with E-state index in [0.29, 0.717) is 34.4 Å². The van der Waals surface area contributed by atoms with Gasteiger partial charge in [0.2, 0.25) is 6.79 Å². The van der Waals surface area contributed by atoms with Crippen molar-refractivity contribution < 1.29 is 23.7 Å². The predicted octanol–water partition coefficient (Wildman–Crippen LogP) is 3.82. The summed E-state index contributed by atoms with van der Waals surface area (Å²) < 4.78 is 21.2. The first-order chi connectivity index (χ1) is 14.2. The lowest BCUT2D eigenvalue weighted by atomic mass is 10.2. The minimum Gasteiger partial charge on any atom is -0.497 e. The molecule has 8 nitrogen and oxygen atoms in total. The summed E-state index contributed by atoms with van der Waals surface area (Å²) in [7, 11) is 3.20. The molecule has 0 saturated carbocycles. The Hall–Kier alpha value is -3.94. The molecule has 1 aromatic heterocycles. The van der Waals surface area contributed by atoms with Crippen LogP contribution in [-0.2, 0) is 0 Å². The van der Waals surface area contributed by atoms with Crippen LogP contribution in [0.1, 0.15) is 10.4 Å². The van der Waals surface area contributed by atoms with Gasteiger partial charge in [0, 0.05) is 11.6 Å².